The summed E-state index contributed by atoms with van der Waals surface area (Å²) in [5.41, 5.74) is 0. The van der Waals surface area contributed by atoms with Gasteiger partial charge in [0.15, 0.2) is 0 Å². The second kappa shape index (κ2) is 21.1. The molecule has 0 aromatic rings. The Bertz CT molecular complexity index is 17.1. The molecule has 0 aliphatic carbocycles. The van der Waals surface area contributed by atoms with Crippen molar-refractivity contribution in [3.63, 3.8) is 0 Å². The number of rotatable bonds is 0. The third-order valence-corrected chi connectivity index (χ3v) is 0. The van der Waals surface area contributed by atoms with Crippen LogP contribution in [0.2, 0.25) is 0 Å². The van der Waals surface area contributed by atoms with Gasteiger partial charge in [-0.15, -0.1) is 0 Å². The third kappa shape index (κ3) is 55.8. The molecule has 2 nitrogen and oxygen atoms in total. The Hall–Kier alpha value is 0.834. The maximum Gasteiger partial charge on any atom is 0.316 e. The van der Waals surface area contributed by atoms with Crippen LogP contribution in [0.15, 0.2) is 0 Å². The van der Waals surface area contributed by atoms with Crippen LogP contribution in [0.1, 0.15) is 0 Å². The van der Waals surface area contributed by atoms with Gasteiger partial charge in [0.2, 0.25) is 0 Å². The van der Waals surface area contributed by atoms with Crippen molar-refractivity contribution in [1.29, 1.82) is 0 Å². The molecular weight excluding hydrogens is 75.3 g/mol. The first-order chi connectivity index (χ1) is 1.41. The maximum absolute atomic E-state index is 8.36. The molecule has 0 atom stereocenters. The Balaban J connectivity index is -0.0000000200. The minimum Gasteiger partial charge on any atom is 0.316 e. The topological polar surface area (TPSA) is 37.3 Å². The van der Waals surface area contributed by atoms with Crippen LogP contribution in [-0.4, -0.2) is 53.5 Å². The molecular formula is CH5LiMgO2. The van der Waals surface area contributed by atoms with Gasteiger partial charge in [-0.2, -0.15) is 0 Å². The standard InChI is InChI=1S/CH2O2.Li.Mg.3H/c2-1-3;;;;;/h1H,(H,2,3);;;;;. The summed E-state index contributed by atoms with van der Waals surface area (Å²) in [6.07, 6.45) is 0. The number of hydrogen-bond donors (Lipinski definition) is 1. The molecule has 0 bridgehead atoms. The summed E-state index contributed by atoms with van der Waals surface area (Å²) in [6, 6.07) is 0. The molecule has 0 unspecified atom stereocenters. The van der Waals surface area contributed by atoms with Crippen molar-refractivity contribution in [1.82, 2.24) is 0 Å². The second-order valence-corrected chi connectivity index (χ2v) is 0.105. The van der Waals surface area contributed by atoms with E-state index in [0.717, 1.165) is 0 Å². The van der Waals surface area contributed by atoms with Gasteiger partial charge in [0.25, 0.3) is 6.47 Å². The Kier molecular flexibility index (Phi) is 71.7. The van der Waals surface area contributed by atoms with Gasteiger partial charge in [-0.3, -0.25) is 4.79 Å². The quantitative estimate of drug-likeness (QED) is 0.274. The minimum atomic E-state index is -0.250. The predicted molar refractivity (Wildman–Crippen MR) is 24.4 cm³/mol. The average molecular weight is 80.3 g/mol. The van der Waals surface area contributed by atoms with E-state index in [4.69, 9.17) is 9.90 Å². The fourth-order valence-corrected chi connectivity index (χ4v) is 0. The van der Waals surface area contributed by atoms with Crippen LogP contribution in [0.4, 0.5) is 0 Å². The summed E-state index contributed by atoms with van der Waals surface area (Å²) >= 11 is 0. The van der Waals surface area contributed by atoms with E-state index in [-0.39, 0.29) is 48.4 Å². The van der Waals surface area contributed by atoms with Crippen molar-refractivity contribution in [2.45, 2.75) is 0 Å². The zero-order chi connectivity index (χ0) is 2.71. The van der Waals surface area contributed by atoms with Crippen LogP contribution in [-0.2, 0) is 4.79 Å². The van der Waals surface area contributed by atoms with E-state index in [1.807, 2.05) is 0 Å². The molecule has 0 spiro atoms. The molecule has 0 saturated heterocycles. The molecule has 0 rings (SSSR count). The van der Waals surface area contributed by atoms with Gasteiger partial charge in [0.1, 0.15) is 0 Å². The van der Waals surface area contributed by atoms with E-state index >= 15 is 0 Å². The summed E-state index contributed by atoms with van der Waals surface area (Å²) in [5.74, 6) is 0. The summed E-state index contributed by atoms with van der Waals surface area (Å²) in [4.78, 5) is 8.36. The van der Waals surface area contributed by atoms with Crippen LogP contribution in [0.25, 0.3) is 0 Å². The first-order valence-electron chi connectivity index (χ1n) is 0.494. The molecule has 24 valence electrons. The largest absolute Gasteiger partial charge is 0.316 e. The molecule has 0 aromatic carbocycles. The minimum absolute atomic E-state index is 0. The van der Waals surface area contributed by atoms with Gasteiger partial charge < -0.3 is 5.11 Å². The maximum atomic E-state index is 8.36. The molecule has 0 aromatic heterocycles. The van der Waals surface area contributed by atoms with E-state index in [1.54, 1.807) is 0 Å². The fraction of sp³-hybridized carbons (Fsp3) is 0. The van der Waals surface area contributed by atoms with E-state index in [0.29, 0.717) is 0 Å². The van der Waals surface area contributed by atoms with Crippen molar-refractivity contribution >= 4 is 48.4 Å². The van der Waals surface area contributed by atoms with Crippen LogP contribution in [0.5, 0.6) is 0 Å². The number of carboxylic acid groups (broad SMARTS) is 1. The van der Waals surface area contributed by atoms with Gasteiger partial charge in [-0.05, 0) is 0 Å². The third-order valence-electron chi connectivity index (χ3n) is 0. The summed E-state index contributed by atoms with van der Waals surface area (Å²) in [6.45, 7) is -0.250. The van der Waals surface area contributed by atoms with Gasteiger partial charge in [-0.25, -0.2) is 0 Å². The molecule has 0 aliphatic heterocycles. The van der Waals surface area contributed by atoms with Crippen LogP contribution in [0, 0.1) is 0 Å². The predicted octanol–water partition coefficient (Wildman–Crippen LogP) is -1.86. The molecule has 0 amide bonds. The number of carbonyl (C=O) groups is 1. The van der Waals surface area contributed by atoms with E-state index in [9.17, 15) is 0 Å². The zero-order valence-electron chi connectivity index (χ0n) is 1.43. The first-order valence-corrected chi connectivity index (χ1v) is 0.494. The van der Waals surface area contributed by atoms with Crippen LogP contribution in [0.3, 0.4) is 0 Å². The van der Waals surface area contributed by atoms with Crippen molar-refractivity contribution in [3.05, 3.63) is 0 Å². The first kappa shape index (κ1) is 17.0. The van der Waals surface area contributed by atoms with Crippen molar-refractivity contribution in [3.8, 4) is 0 Å². The van der Waals surface area contributed by atoms with E-state index in [2.05, 4.69) is 0 Å². The summed E-state index contributed by atoms with van der Waals surface area (Å²) in [5, 5.41) is 6.89. The van der Waals surface area contributed by atoms with Crippen LogP contribution >= 0.6 is 0 Å². The van der Waals surface area contributed by atoms with Gasteiger partial charge in [0, 0.05) is 0 Å². The van der Waals surface area contributed by atoms with Crippen LogP contribution < -0.4 is 0 Å². The number of hydrogen-bond acceptors (Lipinski definition) is 1. The summed E-state index contributed by atoms with van der Waals surface area (Å²) < 4.78 is 0. The molecule has 1 N–H and O–H groups in total. The summed E-state index contributed by atoms with van der Waals surface area (Å²) in [7, 11) is 0. The SMILES string of the molecule is O=CO.[LiH].[MgH2]. The molecule has 0 fully saturated rings. The van der Waals surface area contributed by atoms with Crippen molar-refractivity contribution in [2.24, 2.45) is 0 Å². The molecule has 0 heterocycles. The normalized spacial score (nSPS) is 2.40. The Labute approximate surface area is 58.3 Å². The molecule has 4 heteroatoms. The average Bonchev–Trinajstić information content (AvgIpc) is 0.918. The van der Waals surface area contributed by atoms with Crippen molar-refractivity contribution < 1.29 is 9.90 Å². The zero-order valence-corrected chi connectivity index (χ0v) is 1.43. The van der Waals surface area contributed by atoms with Gasteiger partial charge >= 0.3 is 41.9 Å². The van der Waals surface area contributed by atoms with E-state index < -0.39 is 0 Å². The smallest absolute Gasteiger partial charge is 0.316 e. The molecule has 5 heavy (non-hydrogen) atoms. The Morgan fingerprint density at radius 2 is 1.60 bits per heavy atom. The Morgan fingerprint density at radius 1 is 1.60 bits per heavy atom. The van der Waals surface area contributed by atoms with E-state index in [1.165, 1.54) is 0 Å². The second-order valence-electron chi connectivity index (χ2n) is 0.105. The van der Waals surface area contributed by atoms with Gasteiger partial charge in [0.05, 0.1) is 0 Å². The fourth-order valence-electron chi connectivity index (χ4n) is 0. The van der Waals surface area contributed by atoms with Gasteiger partial charge in [-0.1, -0.05) is 0 Å². The molecule has 0 saturated carbocycles. The molecule has 0 aliphatic rings. The Morgan fingerprint density at radius 3 is 1.60 bits per heavy atom. The molecule has 0 radical (unpaired) electrons. The monoisotopic (exact) mass is 80.0 g/mol. The van der Waals surface area contributed by atoms with Crippen molar-refractivity contribution in [2.75, 3.05) is 0 Å².